The highest BCUT2D eigenvalue weighted by Crippen LogP contribution is 2.19. The number of rotatable bonds is 5. The van der Waals surface area contributed by atoms with E-state index in [1.807, 2.05) is 25.1 Å². The average molecular weight is 244 g/mol. The summed E-state index contributed by atoms with van der Waals surface area (Å²) < 4.78 is 2.12. The van der Waals surface area contributed by atoms with Crippen LogP contribution in [0.1, 0.15) is 12.6 Å². The SMILES string of the molecule is CCN(CCN)c1nc(C)cn1-c1ccccc1. The van der Waals surface area contributed by atoms with Crippen molar-refractivity contribution in [3.63, 3.8) is 0 Å². The molecule has 0 saturated heterocycles. The molecular weight excluding hydrogens is 224 g/mol. The number of aryl methyl sites for hydroxylation is 1. The van der Waals surface area contributed by atoms with E-state index in [2.05, 4.69) is 39.7 Å². The Labute approximate surface area is 108 Å². The zero-order valence-electron chi connectivity index (χ0n) is 11.0. The van der Waals surface area contributed by atoms with Gasteiger partial charge in [-0.05, 0) is 26.0 Å². The molecule has 2 N–H and O–H groups in total. The highest BCUT2D eigenvalue weighted by molar-refractivity contribution is 5.44. The largest absolute Gasteiger partial charge is 0.341 e. The van der Waals surface area contributed by atoms with E-state index in [9.17, 15) is 0 Å². The van der Waals surface area contributed by atoms with Crippen LogP contribution in [0.15, 0.2) is 36.5 Å². The van der Waals surface area contributed by atoms with Crippen molar-refractivity contribution in [1.82, 2.24) is 9.55 Å². The molecule has 18 heavy (non-hydrogen) atoms. The van der Waals surface area contributed by atoms with Crippen LogP contribution in [0, 0.1) is 6.92 Å². The van der Waals surface area contributed by atoms with E-state index in [0.29, 0.717) is 6.54 Å². The lowest BCUT2D eigenvalue weighted by Gasteiger charge is -2.22. The fourth-order valence-electron chi connectivity index (χ4n) is 2.04. The number of aromatic nitrogens is 2. The minimum Gasteiger partial charge on any atom is -0.341 e. The maximum absolute atomic E-state index is 5.66. The number of nitrogens with two attached hydrogens (primary N) is 1. The Hall–Kier alpha value is -1.81. The van der Waals surface area contributed by atoms with Crippen molar-refractivity contribution in [1.29, 1.82) is 0 Å². The molecule has 0 fully saturated rings. The van der Waals surface area contributed by atoms with Gasteiger partial charge in [0.15, 0.2) is 0 Å². The Bertz CT molecular complexity index is 490. The van der Waals surface area contributed by atoms with Crippen LogP contribution in [0.3, 0.4) is 0 Å². The van der Waals surface area contributed by atoms with Crippen molar-refractivity contribution >= 4 is 5.95 Å². The average Bonchev–Trinajstić information content (AvgIpc) is 2.79. The molecule has 0 spiro atoms. The van der Waals surface area contributed by atoms with Crippen LogP contribution in [0.2, 0.25) is 0 Å². The zero-order valence-corrected chi connectivity index (χ0v) is 11.0. The van der Waals surface area contributed by atoms with Crippen molar-refractivity contribution in [3.8, 4) is 5.69 Å². The number of para-hydroxylation sites is 1. The molecule has 0 amide bonds. The maximum Gasteiger partial charge on any atom is 0.210 e. The van der Waals surface area contributed by atoms with Gasteiger partial charge in [0.1, 0.15) is 0 Å². The number of benzene rings is 1. The molecule has 96 valence electrons. The first-order chi connectivity index (χ1) is 8.76. The molecule has 0 radical (unpaired) electrons. The van der Waals surface area contributed by atoms with Crippen LogP contribution in [0.25, 0.3) is 5.69 Å². The molecule has 1 heterocycles. The lowest BCUT2D eigenvalue weighted by molar-refractivity contribution is 0.773. The van der Waals surface area contributed by atoms with Gasteiger partial charge < -0.3 is 10.6 Å². The normalized spacial score (nSPS) is 10.6. The summed E-state index contributed by atoms with van der Waals surface area (Å²) >= 11 is 0. The van der Waals surface area contributed by atoms with Crippen molar-refractivity contribution in [2.45, 2.75) is 13.8 Å². The molecule has 0 bridgehead atoms. The second-order valence-corrected chi connectivity index (χ2v) is 4.26. The number of imidazole rings is 1. The molecular formula is C14H20N4. The molecule has 4 heteroatoms. The molecule has 0 saturated carbocycles. The number of anilines is 1. The van der Waals surface area contributed by atoms with E-state index in [1.165, 1.54) is 0 Å². The van der Waals surface area contributed by atoms with E-state index in [1.54, 1.807) is 0 Å². The lowest BCUT2D eigenvalue weighted by Crippen LogP contribution is -2.31. The van der Waals surface area contributed by atoms with Crippen molar-refractivity contribution in [2.75, 3.05) is 24.5 Å². The molecule has 0 aliphatic rings. The monoisotopic (exact) mass is 244 g/mol. The summed E-state index contributed by atoms with van der Waals surface area (Å²) in [6.07, 6.45) is 2.06. The summed E-state index contributed by atoms with van der Waals surface area (Å²) in [5.74, 6) is 0.964. The van der Waals surface area contributed by atoms with Gasteiger partial charge in [-0.1, -0.05) is 18.2 Å². The minimum absolute atomic E-state index is 0.633. The van der Waals surface area contributed by atoms with E-state index >= 15 is 0 Å². The van der Waals surface area contributed by atoms with Crippen LogP contribution in [0.5, 0.6) is 0 Å². The van der Waals surface area contributed by atoms with Crippen LogP contribution < -0.4 is 10.6 Å². The summed E-state index contributed by atoms with van der Waals surface area (Å²) in [5.41, 5.74) is 7.81. The second-order valence-electron chi connectivity index (χ2n) is 4.26. The molecule has 0 aliphatic heterocycles. The van der Waals surface area contributed by atoms with Gasteiger partial charge in [-0.15, -0.1) is 0 Å². The Kier molecular flexibility index (Phi) is 3.99. The molecule has 1 aromatic heterocycles. The number of hydrogen-bond donors (Lipinski definition) is 1. The quantitative estimate of drug-likeness (QED) is 0.874. The fourth-order valence-corrected chi connectivity index (χ4v) is 2.04. The summed E-state index contributed by atoms with van der Waals surface area (Å²) in [7, 11) is 0. The Balaban J connectivity index is 2.42. The van der Waals surface area contributed by atoms with Crippen molar-refractivity contribution in [2.24, 2.45) is 5.73 Å². The highest BCUT2D eigenvalue weighted by atomic mass is 15.3. The first-order valence-corrected chi connectivity index (χ1v) is 6.32. The zero-order chi connectivity index (χ0) is 13.0. The predicted molar refractivity (Wildman–Crippen MR) is 75.2 cm³/mol. The minimum atomic E-state index is 0.633. The van der Waals surface area contributed by atoms with Gasteiger partial charge in [0.25, 0.3) is 0 Å². The fraction of sp³-hybridized carbons (Fsp3) is 0.357. The van der Waals surface area contributed by atoms with E-state index < -0.39 is 0 Å². The summed E-state index contributed by atoms with van der Waals surface area (Å²) in [5, 5.41) is 0. The van der Waals surface area contributed by atoms with Gasteiger partial charge in [0.2, 0.25) is 5.95 Å². The molecule has 1 aromatic carbocycles. The van der Waals surface area contributed by atoms with Gasteiger partial charge in [0.05, 0.1) is 5.69 Å². The maximum atomic E-state index is 5.66. The molecule has 4 nitrogen and oxygen atoms in total. The van der Waals surface area contributed by atoms with Crippen LogP contribution in [-0.2, 0) is 0 Å². The lowest BCUT2D eigenvalue weighted by atomic mass is 10.3. The van der Waals surface area contributed by atoms with E-state index in [-0.39, 0.29) is 0 Å². The van der Waals surface area contributed by atoms with Gasteiger partial charge in [-0.2, -0.15) is 0 Å². The predicted octanol–water partition coefficient (Wildman–Crippen LogP) is 1.97. The number of hydrogen-bond acceptors (Lipinski definition) is 3. The van der Waals surface area contributed by atoms with Crippen LogP contribution >= 0.6 is 0 Å². The standard InChI is InChI=1S/C14H20N4/c1-3-17(10-9-15)14-16-12(2)11-18(14)13-7-5-4-6-8-13/h4-8,11H,3,9-10,15H2,1-2H3. The Morgan fingerprint density at radius 2 is 2.00 bits per heavy atom. The second kappa shape index (κ2) is 5.69. The molecule has 2 aromatic rings. The third kappa shape index (κ3) is 2.54. The van der Waals surface area contributed by atoms with E-state index in [4.69, 9.17) is 5.73 Å². The highest BCUT2D eigenvalue weighted by Gasteiger charge is 2.13. The van der Waals surface area contributed by atoms with Gasteiger partial charge in [-0.25, -0.2) is 4.98 Å². The summed E-state index contributed by atoms with van der Waals surface area (Å²) in [6.45, 7) is 6.49. The summed E-state index contributed by atoms with van der Waals surface area (Å²) in [6, 6.07) is 10.3. The molecule has 2 rings (SSSR count). The van der Waals surface area contributed by atoms with Crippen molar-refractivity contribution in [3.05, 3.63) is 42.2 Å². The Morgan fingerprint density at radius 3 is 2.61 bits per heavy atom. The smallest absolute Gasteiger partial charge is 0.210 e. The summed E-state index contributed by atoms with van der Waals surface area (Å²) in [4.78, 5) is 6.80. The third-order valence-electron chi connectivity index (χ3n) is 2.91. The topological polar surface area (TPSA) is 47.1 Å². The van der Waals surface area contributed by atoms with E-state index in [0.717, 1.165) is 30.4 Å². The first-order valence-electron chi connectivity index (χ1n) is 6.32. The van der Waals surface area contributed by atoms with Crippen LogP contribution in [-0.4, -0.2) is 29.2 Å². The molecule has 0 unspecified atom stereocenters. The first kappa shape index (κ1) is 12.6. The molecule has 0 atom stereocenters. The Morgan fingerprint density at radius 1 is 1.28 bits per heavy atom. The van der Waals surface area contributed by atoms with Gasteiger partial charge >= 0.3 is 0 Å². The molecule has 0 aliphatic carbocycles. The number of nitrogens with zero attached hydrogens (tertiary/aromatic N) is 3. The van der Waals surface area contributed by atoms with Crippen LogP contribution in [0.4, 0.5) is 5.95 Å². The third-order valence-corrected chi connectivity index (χ3v) is 2.91. The number of likely N-dealkylation sites (N-methyl/N-ethyl adjacent to an activating group) is 1. The van der Waals surface area contributed by atoms with Gasteiger partial charge in [-0.3, -0.25) is 4.57 Å². The van der Waals surface area contributed by atoms with Crippen molar-refractivity contribution < 1.29 is 0 Å². The van der Waals surface area contributed by atoms with Gasteiger partial charge in [0, 0.05) is 31.5 Å².